The highest BCUT2D eigenvalue weighted by Crippen LogP contribution is 2.28. The van der Waals surface area contributed by atoms with E-state index >= 15 is 0 Å². The van der Waals surface area contributed by atoms with Crippen LogP contribution in [0.15, 0.2) is 5.10 Å². The molecule has 1 rings (SSSR count). The topological polar surface area (TPSA) is 120 Å². The SMILES string of the molecule is CCC(C=NNC(=O)NCC1CCC(C(=O)O)CC1)N[B]C=O. The van der Waals surface area contributed by atoms with Gasteiger partial charge in [-0.05, 0) is 38.0 Å². The van der Waals surface area contributed by atoms with Crippen molar-refractivity contribution in [3.05, 3.63) is 0 Å². The van der Waals surface area contributed by atoms with Crippen LogP contribution in [0.25, 0.3) is 0 Å². The van der Waals surface area contributed by atoms with Crippen LogP contribution < -0.4 is 16.0 Å². The van der Waals surface area contributed by atoms with Gasteiger partial charge in [0.2, 0.25) is 0 Å². The van der Waals surface area contributed by atoms with Gasteiger partial charge in [0.05, 0.1) is 12.1 Å². The predicted molar refractivity (Wildman–Crippen MR) is 87.8 cm³/mol. The van der Waals surface area contributed by atoms with Crippen molar-refractivity contribution in [1.29, 1.82) is 0 Å². The molecule has 0 aromatic rings. The molecule has 2 amide bonds. The number of amides is 2. The number of carboxylic acid groups (broad SMARTS) is 1. The summed E-state index contributed by atoms with van der Waals surface area (Å²) in [6.07, 6.45) is 5.85. The van der Waals surface area contributed by atoms with Gasteiger partial charge >= 0.3 is 12.0 Å². The van der Waals surface area contributed by atoms with Crippen LogP contribution in [0.3, 0.4) is 0 Å². The van der Waals surface area contributed by atoms with Crippen molar-refractivity contribution in [2.45, 2.75) is 45.1 Å². The molecule has 1 aliphatic rings. The lowest BCUT2D eigenvalue weighted by atomic mass is 9.82. The first-order valence-corrected chi connectivity index (χ1v) is 7.89. The lowest BCUT2D eigenvalue weighted by Crippen LogP contribution is -2.38. The number of carboxylic acids is 1. The molecule has 0 saturated heterocycles. The van der Waals surface area contributed by atoms with Crippen LogP contribution in [-0.2, 0) is 9.59 Å². The predicted octanol–water partition coefficient (Wildman–Crippen LogP) is 0.340. The number of nitrogens with zero attached hydrogens (tertiary/aromatic N) is 1. The first kappa shape index (κ1) is 19.2. The zero-order valence-corrected chi connectivity index (χ0v) is 13.3. The smallest absolute Gasteiger partial charge is 0.335 e. The fraction of sp³-hybridized carbons (Fsp3) is 0.714. The Hall–Kier alpha value is -1.90. The largest absolute Gasteiger partial charge is 0.481 e. The van der Waals surface area contributed by atoms with Gasteiger partial charge in [-0.1, -0.05) is 6.92 Å². The average molecular weight is 323 g/mol. The highest BCUT2D eigenvalue weighted by molar-refractivity contribution is 6.64. The first-order chi connectivity index (χ1) is 11.1. The van der Waals surface area contributed by atoms with Crippen molar-refractivity contribution >= 4 is 31.8 Å². The minimum Gasteiger partial charge on any atom is -0.481 e. The minimum absolute atomic E-state index is 0.119. The molecular formula is C14H24BN4O4. The summed E-state index contributed by atoms with van der Waals surface area (Å²) >= 11 is 0. The molecule has 0 aromatic carbocycles. The molecule has 1 aliphatic carbocycles. The molecule has 127 valence electrons. The molecule has 1 saturated carbocycles. The number of rotatable bonds is 9. The Labute approximate surface area is 136 Å². The van der Waals surface area contributed by atoms with E-state index in [1.54, 1.807) is 0 Å². The van der Waals surface area contributed by atoms with E-state index in [9.17, 15) is 14.4 Å². The molecule has 1 atom stereocenters. The Morgan fingerprint density at radius 2 is 2.04 bits per heavy atom. The van der Waals surface area contributed by atoms with Crippen molar-refractivity contribution in [2.75, 3.05) is 6.54 Å². The van der Waals surface area contributed by atoms with E-state index in [-0.39, 0.29) is 12.0 Å². The molecule has 1 fully saturated rings. The van der Waals surface area contributed by atoms with E-state index in [0.717, 1.165) is 19.3 Å². The van der Waals surface area contributed by atoms with Crippen molar-refractivity contribution < 1.29 is 19.5 Å². The third-order valence-corrected chi connectivity index (χ3v) is 3.99. The Kier molecular flexibility index (Phi) is 8.97. The molecule has 0 bridgehead atoms. The minimum atomic E-state index is -0.727. The Morgan fingerprint density at radius 3 is 2.61 bits per heavy atom. The third kappa shape index (κ3) is 7.78. The molecule has 0 aromatic heterocycles. The second-order valence-corrected chi connectivity index (χ2v) is 5.64. The van der Waals surface area contributed by atoms with Crippen LogP contribution in [0, 0.1) is 11.8 Å². The summed E-state index contributed by atoms with van der Waals surface area (Å²) in [6, 6.07) is -0.511. The van der Waals surface area contributed by atoms with Crippen molar-refractivity contribution in [3.8, 4) is 0 Å². The van der Waals surface area contributed by atoms with Crippen LogP contribution in [0.5, 0.6) is 0 Å². The summed E-state index contributed by atoms with van der Waals surface area (Å²) in [7, 11) is 1.29. The van der Waals surface area contributed by atoms with Crippen LogP contribution in [0.4, 0.5) is 4.79 Å². The summed E-state index contributed by atoms with van der Waals surface area (Å²) in [5.41, 5.74) is 2.37. The number of hydrogen-bond acceptors (Lipinski definition) is 5. The fourth-order valence-electron chi connectivity index (χ4n) is 2.51. The van der Waals surface area contributed by atoms with Gasteiger partial charge in [0.1, 0.15) is 0 Å². The molecule has 1 radical (unpaired) electrons. The molecule has 0 heterocycles. The zero-order valence-electron chi connectivity index (χ0n) is 13.3. The molecular weight excluding hydrogens is 299 g/mol. The Morgan fingerprint density at radius 1 is 1.35 bits per heavy atom. The Bertz CT molecular complexity index is 425. The average Bonchev–Trinajstić information content (AvgIpc) is 2.56. The molecule has 0 spiro atoms. The summed E-state index contributed by atoms with van der Waals surface area (Å²) < 4.78 is 0. The van der Waals surface area contributed by atoms with E-state index in [4.69, 9.17) is 5.11 Å². The number of hydrazone groups is 1. The van der Waals surface area contributed by atoms with Gasteiger partial charge in [0, 0.05) is 18.8 Å². The molecule has 1 unspecified atom stereocenters. The molecule has 9 heteroatoms. The van der Waals surface area contributed by atoms with E-state index in [2.05, 4.69) is 21.1 Å². The van der Waals surface area contributed by atoms with E-state index in [1.807, 2.05) is 6.92 Å². The van der Waals surface area contributed by atoms with Gasteiger partial charge in [-0.25, -0.2) is 10.2 Å². The van der Waals surface area contributed by atoms with Crippen molar-refractivity contribution in [2.24, 2.45) is 16.9 Å². The maximum Gasteiger partial charge on any atom is 0.335 e. The second-order valence-electron chi connectivity index (χ2n) is 5.64. The number of carbonyl (C=O) groups is 3. The first-order valence-electron chi connectivity index (χ1n) is 7.89. The second kappa shape index (κ2) is 10.8. The van der Waals surface area contributed by atoms with Gasteiger partial charge in [-0.3, -0.25) is 4.79 Å². The van der Waals surface area contributed by atoms with Gasteiger partial charge in [0.15, 0.2) is 0 Å². The zero-order chi connectivity index (χ0) is 17.1. The summed E-state index contributed by atoms with van der Waals surface area (Å²) in [4.78, 5) is 32.7. The van der Waals surface area contributed by atoms with E-state index in [0.29, 0.717) is 31.5 Å². The van der Waals surface area contributed by atoms with Crippen LogP contribution in [0.2, 0.25) is 0 Å². The van der Waals surface area contributed by atoms with Crippen LogP contribution >= 0.6 is 0 Å². The highest BCUT2D eigenvalue weighted by atomic mass is 16.4. The number of hydrogen-bond donors (Lipinski definition) is 4. The van der Waals surface area contributed by atoms with E-state index in [1.165, 1.54) is 13.6 Å². The van der Waals surface area contributed by atoms with Crippen molar-refractivity contribution in [3.63, 3.8) is 0 Å². The van der Waals surface area contributed by atoms with E-state index < -0.39 is 12.0 Å². The lowest BCUT2D eigenvalue weighted by molar-refractivity contribution is -0.143. The van der Waals surface area contributed by atoms with Gasteiger partial charge < -0.3 is 20.4 Å². The molecule has 8 nitrogen and oxygen atoms in total. The molecule has 4 N–H and O–H groups in total. The Balaban J connectivity index is 2.19. The normalized spacial score (nSPS) is 22.3. The fourth-order valence-corrected chi connectivity index (χ4v) is 2.51. The van der Waals surface area contributed by atoms with Crippen LogP contribution in [-0.4, -0.2) is 49.5 Å². The standard InChI is InChI=1S/C14H24BN4O4/c1-2-12(18-15-9-20)8-17-19-14(23)16-7-10-3-5-11(6-4-10)13(21)22/h8-12,18H,2-7H2,1H3,(H,21,22)(H2,16,19,23). The third-order valence-electron chi connectivity index (χ3n) is 3.99. The number of carbonyl (C=O) groups excluding carboxylic acids is 2. The summed E-state index contributed by atoms with van der Waals surface area (Å²) in [5.74, 6) is -0.659. The maximum atomic E-state index is 11.6. The van der Waals surface area contributed by atoms with Crippen LogP contribution in [0.1, 0.15) is 39.0 Å². The maximum absolute atomic E-state index is 11.6. The quantitative estimate of drug-likeness (QED) is 0.211. The highest BCUT2D eigenvalue weighted by Gasteiger charge is 2.25. The number of aliphatic carboxylic acids is 1. The lowest BCUT2D eigenvalue weighted by Gasteiger charge is -2.25. The summed E-state index contributed by atoms with van der Waals surface area (Å²) in [6.45, 7) is 2.44. The molecule has 0 aliphatic heterocycles. The number of nitrogens with one attached hydrogen (secondary N) is 3. The summed E-state index contributed by atoms with van der Waals surface area (Å²) in [5, 5.41) is 18.3. The number of urea groups is 1. The monoisotopic (exact) mass is 323 g/mol. The van der Waals surface area contributed by atoms with Gasteiger partial charge in [-0.2, -0.15) is 5.10 Å². The van der Waals surface area contributed by atoms with Gasteiger partial charge in [0.25, 0.3) is 7.41 Å². The van der Waals surface area contributed by atoms with Gasteiger partial charge in [-0.15, -0.1) is 0 Å². The van der Waals surface area contributed by atoms with Crippen molar-refractivity contribution in [1.82, 2.24) is 16.0 Å². The molecule has 23 heavy (non-hydrogen) atoms.